The average molecular weight is 1490 g/mol. The second-order valence-corrected chi connectivity index (χ2v) is 32.2. The van der Waals surface area contributed by atoms with Gasteiger partial charge in [0.1, 0.15) is 72.9 Å². The molecular formula is C106H96N4O4+4. The summed E-state index contributed by atoms with van der Waals surface area (Å²) in [5.74, 6) is 0.195. The molecule has 2 aliphatic rings. The summed E-state index contributed by atoms with van der Waals surface area (Å²) in [7, 11) is 8.24. The third-order valence-corrected chi connectivity index (χ3v) is 24.2. The molecule has 8 nitrogen and oxygen atoms in total. The van der Waals surface area contributed by atoms with Gasteiger partial charge in [-0.2, -0.15) is 0 Å². The number of rotatable bonds is 8. The van der Waals surface area contributed by atoms with E-state index < -0.39 is 12.7 Å². The SMILES string of the molecule is Cc1cc2oc3cc4ccccc4cc3c2cc1-c1cccc[n+]1C.Cc1cc[n+](C)c(-c2cc3c(cc2C)oc2cc4ccccc4cc23)c1.[2H]C([2H])(c1cc[n+](C)c(-c2cc3oc4cc5ccccc5cc4c3cc2C)c1)C1CCCC1.[2H]C([2H])(c1cc[n+](C)c(-c2cc3oc4cc5ccccc5cc4c3cc2C)c1)C1CCCCC1. The third kappa shape index (κ3) is 13.8. The molecule has 0 unspecified atom stereocenters. The number of hydrogen-bond acceptors (Lipinski definition) is 4. The molecule has 0 aliphatic heterocycles. The quantitative estimate of drug-likeness (QED) is 0.142. The topological polar surface area (TPSA) is 68.1 Å². The van der Waals surface area contributed by atoms with Gasteiger partial charge in [-0.3, -0.25) is 0 Å². The first-order valence-electron chi connectivity index (χ1n) is 42.5. The van der Waals surface area contributed by atoms with E-state index in [1.54, 1.807) is 0 Å². The Bertz CT molecular complexity index is 7400. The number of furan rings is 4. The molecule has 8 heterocycles. The minimum absolute atomic E-state index is 0.0925. The molecule has 8 aromatic heterocycles. The van der Waals surface area contributed by atoms with Crippen molar-refractivity contribution in [1.82, 2.24) is 0 Å². The number of hydrogen-bond donors (Lipinski definition) is 0. The first-order valence-corrected chi connectivity index (χ1v) is 40.5. The van der Waals surface area contributed by atoms with Gasteiger partial charge in [-0.15, -0.1) is 0 Å². The van der Waals surface area contributed by atoms with Gasteiger partial charge in [-0.1, -0.05) is 155 Å². The number of benzene rings is 12. The van der Waals surface area contributed by atoms with Gasteiger partial charge in [0.05, 0.1) is 11.1 Å². The Balaban J connectivity index is 0.000000105. The van der Waals surface area contributed by atoms with Crippen LogP contribution >= 0.6 is 0 Å². The highest BCUT2D eigenvalue weighted by Crippen LogP contribution is 2.42. The summed E-state index contributed by atoms with van der Waals surface area (Å²) < 4.78 is 69.1. The van der Waals surface area contributed by atoms with Crippen molar-refractivity contribution in [1.29, 1.82) is 0 Å². The lowest BCUT2D eigenvalue weighted by molar-refractivity contribution is -0.660. The number of nitrogens with zero attached hydrogens (tertiary/aromatic N) is 4. The Morgan fingerprint density at radius 3 is 0.930 bits per heavy atom. The van der Waals surface area contributed by atoms with Crippen molar-refractivity contribution < 1.29 is 41.4 Å². The largest absolute Gasteiger partial charge is 0.456 e. The fourth-order valence-electron chi connectivity index (χ4n) is 17.9. The third-order valence-electron chi connectivity index (χ3n) is 24.2. The molecule has 0 N–H and O–H groups in total. The van der Waals surface area contributed by atoms with Crippen molar-refractivity contribution in [3.8, 4) is 45.0 Å². The van der Waals surface area contributed by atoms with E-state index in [1.807, 2.05) is 44.7 Å². The van der Waals surface area contributed by atoms with Crippen LogP contribution in [-0.2, 0) is 40.9 Å². The van der Waals surface area contributed by atoms with Crippen LogP contribution < -0.4 is 18.3 Å². The first-order chi connectivity index (χ1) is 57.1. The minimum Gasteiger partial charge on any atom is -0.456 e. The van der Waals surface area contributed by atoms with Gasteiger partial charge in [0.25, 0.3) is 0 Å². The Morgan fingerprint density at radius 1 is 0.263 bits per heavy atom. The zero-order valence-electron chi connectivity index (χ0n) is 70.4. The minimum atomic E-state index is -1.32. The van der Waals surface area contributed by atoms with Gasteiger partial charge in [0.15, 0.2) is 24.8 Å². The van der Waals surface area contributed by atoms with Crippen molar-refractivity contribution in [3.63, 3.8) is 0 Å². The predicted octanol–water partition coefficient (Wildman–Crippen LogP) is 26.3. The van der Waals surface area contributed by atoms with Crippen LogP contribution in [0.2, 0.25) is 0 Å². The van der Waals surface area contributed by atoms with Crippen molar-refractivity contribution in [2.45, 2.75) is 105 Å². The molecule has 0 bridgehead atoms. The Kier molecular flexibility index (Phi) is 17.6. The fraction of sp³-hybridized carbons (Fsp3) is 0.208. The number of aromatic nitrogens is 4. The van der Waals surface area contributed by atoms with E-state index in [4.69, 9.17) is 23.2 Å². The normalized spacial score (nSPS) is 14.3. The van der Waals surface area contributed by atoms with E-state index in [0.717, 1.165) is 162 Å². The summed E-state index contributed by atoms with van der Waals surface area (Å²) in [6.07, 6.45) is 15.2. The molecule has 560 valence electrons. The summed E-state index contributed by atoms with van der Waals surface area (Å²) >= 11 is 0. The molecular weight excluding hydrogens is 1390 g/mol. The van der Waals surface area contributed by atoms with Crippen LogP contribution in [0, 0.1) is 46.5 Å². The van der Waals surface area contributed by atoms with Crippen LogP contribution in [0.25, 0.3) is 176 Å². The van der Waals surface area contributed by atoms with Gasteiger partial charge < -0.3 is 17.7 Å². The van der Waals surface area contributed by atoms with Gasteiger partial charge in [-0.05, 0) is 244 Å². The van der Waals surface area contributed by atoms with E-state index in [0.29, 0.717) is 0 Å². The van der Waals surface area contributed by atoms with Crippen molar-refractivity contribution >= 4 is 131 Å². The van der Waals surface area contributed by atoms with E-state index in [1.165, 1.54) is 110 Å². The lowest BCUT2D eigenvalue weighted by atomic mass is 9.85. The number of fused-ring (bicyclic) bond motifs is 16. The Morgan fingerprint density at radius 2 is 0.544 bits per heavy atom. The molecule has 22 rings (SSSR count). The fourth-order valence-corrected chi connectivity index (χ4v) is 17.9. The predicted molar refractivity (Wildman–Crippen MR) is 471 cm³/mol. The second kappa shape index (κ2) is 29.9. The summed E-state index contributed by atoms with van der Waals surface area (Å²) in [5, 5.41) is 18.9. The zero-order valence-corrected chi connectivity index (χ0v) is 66.4. The van der Waals surface area contributed by atoms with E-state index in [-0.39, 0.29) is 11.8 Å². The lowest BCUT2D eigenvalue weighted by Crippen LogP contribution is -2.31. The van der Waals surface area contributed by atoms with Crippen molar-refractivity contribution in [2.75, 3.05) is 0 Å². The molecule has 2 saturated carbocycles. The highest BCUT2D eigenvalue weighted by atomic mass is 16.3. The lowest BCUT2D eigenvalue weighted by Gasteiger charge is -2.21. The zero-order chi connectivity index (χ0) is 81.0. The monoisotopic (exact) mass is 1490 g/mol. The molecule has 0 radical (unpaired) electrons. The molecule has 2 fully saturated rings. The van der Waals surface area contributed by atoms with Crippen LogP contribution in [0.4, 0.5) is 0 Å². The van der Waals surface area contributed by atoms with Crippen LogP contribution in [0.1, 0.15) is 102 Å². The van der Waals surface area contributed by atoms with Crippen LogP contribution in [0.15, 0.2) is 291 Å². The van der Waals surface area contributed by atoms with Gasteiger partial charge >= 0.3 is 0 Å². The van der Waals surface area contributed by atoms with Crippen LogP contribution in [0.3, 0.4) is 0 Å². The summed E-state index contributed by atoms with van der Waals surface area (Å²) in [5.41, 5.74) is 24.0. The average Bonchev–Trinajstić information content (AvgIpc) is 1.60. The van der Waals surface area contributed by atoms with Gasteiger partial charge in [0, 0.05) is 108 Å². The van der Waals surface area contributed by atoms with Gasteiger partial charge in [-0.25, -0.2) is 18.3 Å². The molecule has 0 spiro atoms. The summed E-state index contributed by atoms with van der Waals surface area (Å²) in [6, 6.07) is 87.3. The molecule has 0 saturated heterocycles. The Hall–Kier alpha value is -12.5. The van der Waals surface area contributed by atoms with Gasteiger partial charge in [0.2, 0.25) is 22.8 Å². The van der Waals surface area contributed by atoms with Crippen molar-refractivity contribution in [2.24, 2.45) is 40.0 Å². The Labute approximate surface area is 671 Å². The number of pyridine rings is 4. The van der Waals surface area contributed by atoms with E-state index in [2.05, 4.69) is 310 Å². The maximum absolute atomic E-state index is 8.96. The van der Waals surface area contributed by atoms with Crippen LogP contribution in [0.5, 0.6) is 0 Å². The highest BCUT2D eigenvalue weighted by molar-refractivity contribution is 6.15. The molecule has 0 amide bonds. The molecule has 2 aliphatic carbocycles. The molecule has 12 aromatic carbocycles. The first kappa shape index (κ1) is 67.2. The smallest absolute Gasteiger partial charge is 0.212 e. The van der Waals surface area contributed by atoms with E-state index in [9.17, 15) is 0 Å². The second-order valence-electron chi connectivity index (χ2n) is 32.2. The van der Waals surface area contributed by atoms with Crippen molar-refractivity contribution in [3.05, 3.63) is 312 Å². The molecule has 114 heavy (non-hydrogen) atoms. The molecule has 0 atom stereocenters. The maximum Gasteiger partial charge on any atom is 0.212 e. The highest BCUT2D eigenvalue weighted by Gasteiger charge is 2.25. The summed E-state index contributed by atoms with van der Waals surface area (Å²) in [4.78, 5) is 0. The summed E-state index contributed by atoms with van der Waals surface area (Å²) in [6.45, 7) is 10.7. The molecule has 8 heteroatoms. The molecule has 20 aromatic rings. The van der Waals surface area contributed by atoms with E-state index >= 15 is 0 Å². The maximum atomic E-state index is 8.96. The number of aryl methyl sites for hydroxylation is 9. The standard InChI is InChI=1S/C30H30NO.C29H28NO.C24H20NO.C23H18NO/c1-20-14-26-27-17-23-10-6-7-11-24(23)18-29(27)32-30(26)19-25(20)28-16-22(12-13-31(28)2)15-21-8-4-3-5-9-21;1-19-13-25-26-16-22-9-5-6-10-23(22)17-28(26)31-29(25)18-24(19)27-15-21(11-12-30(27)2)14-20-7-3-4-8-20;1-15-8-9-25(3)22(10-15)19-14-21-20-12-17-6-4-5-7-18(17)13-24(20)26-23(21)11-16(19)2;1-15-11-22-20(14-18(15)21-9-5-6-10-24(21)2)19-12-16-7-3-4-8-17(16)13-23(19)25-22/h6-7,10-14,16-19,21H,3-5,8-9,15H2,1-2H3;5-6,9-13,15-18,20H,3-4,7-8,14H2,1-2H3;4-14H,1-3H3;3-14H,1-2H3/q4*+1/i15D2;14D2;;. The van der Waals surface area contributed by atoms with Crippen LogP contribution in [-0.4, -0.2) is 0 Å².